The van der Waals surface area contributed by atoms with Crippen LogP contribution < -0.4 is 4.90 Å². The molecule has 1 unspecified atom stereocenters. The van der Waals surface area contributed by atoms with Crippen LogP contribution in [0.2, 0.25) is 10.0 Å². The predicted octanol–water partition coefficient (Wildman–Crippen LogP) is 5.68. The fraction of sp³-hybridized carbons (Fsp3) is 0.391. The second kappa shape index (κ2) is 10.3. The molecule has 33 heavy (non-hydrogen) atoms. The molecule has 1 fully saturated rings. The number of rotatable bonds is 8. The first-order valence-corrected chi connectivity index (χ1v) is 13.9. The number of sulfone groups is 1. The number of amides is 1. The Kier molecular flexibility index (Phi) is 7.60. The number of ether oxygens (including phenoxy) is 1. The Labute approximate surface area is 207 Å². The van der Waals surface area contributed by atoms with Gasteiger partial charge in [-0.05, 0) is 68.1 Å². The van der Waals surface area contributed by atoms with Gasteiger partial charge in [-0.2, -0.15) is 0 Å². The number of thiazole rings is 1. The second-order valence-corrected chi connectivity index (χ2v) is 12.0. The summed E-state index contributed by atoms with van der Waals surface area (Å²) in [5, 5.41) is 1.68. The average Bonchev–Trinajstić information content (AvgIpc) is 3.45. The van der Waals surface area contributed by atoms with E-state index in [9.17, 15) is 13.2 Å². The second-order valence-electron chi connectivity index (χ2n) is 8.03. The third-order valence-electron chi connectivity index (χ3n) is 5.66. The molecule has 1 saturated heterocycles. The van der Waals surface area contributed by atoms with E-state index < -0.39 is 9.84 Å². The van der Waals surface area contributed by atoms with Gasteiger partial charge in [0.25, 0.3) is 0 Å². The normalized spacial score (nSPS) is 16.4. The summed E-state index contributed by atoms with van der Waals surface area (Å²) in [5.74, 6) is -0.289. The molecule has 2 aromatic carbocycles. The van der Waals surface area contributed by atoms with Gasteiger partial charge >= 0.3 is 0 Å². The third kappa shape index (κ3) is 5.69. The maximum Gasteiger partial charge on any atom is 0.228 e. The standard InChI is InChI=1S/C23H24Cl2N2O4S2/c1-15-19(25)10-11-20-22(15)26-23(32-20)27(14-17-4-2-12-31-17)21(28)5-3-13-33(29,30)18-8-6-16(24)7-9-18/h6-11,17H,2-5,12-14H2,1H3. The number of halogens is 2. The maximum atomic E-state index is 13.2. The lowest BCUT2D eigenvalue weighted by Crippen LogP contribution is -2.37. The smallest absolute Gasteiger partial charge is 0.228 e. The molecule has 4 rings (SSSR count). The zero-order valence-corrected chi connectivity index (χ0v) is 21.2. The van der Waals surface area contributed by atoms with Crippen LogP contribution in [-0.2, 0) is 19.4 Å². The highest BCUT2D eigenvalue weighted by atomic mass is 35.5. The van der Waals surface area contributed by atoms with E-state index in [0.29, 0.717) is 28.3 Å². The Balaban J connectivity index is 1.50. The van der Waals surface area contributed by atoms with Crippen LogP contribution in [0.4, 0.5) is 5.13 Å². The van der Waals surface area contributed by atoms with Crippen LogP contribution in [0.3, 0.4) is 0 Å². The molecule has 176 valence electrons. The Morgan fingerprint density at radius 2 is 1.97 bits per heavy atom. The van der Waals surface area contributed by atoms with Crippen molar-refractivity contribution in [2.45, 2.75) is 43.6 Å². The van der Waals surface area contributed by atoms with E-state index >= 15 is 0 Å². The molecule has 0 bridgehead atoms. The predicted molar refractivity (Wildman–Crippen MR) is 133 cm³/mol. The van der Waals surface area contributed by atoms with Gasteiger partial charge in [0.15, 0.2) is 15.0 Å². The number of benzene rings is 2. The molecule has 1 aromatic heterocycles. The molecule has 0 aliphatic carbocycles. The number of aromatic nitrogens is 1. The third-order valence-corrected chi connectivity index (χ3v) is 9.18. The van der Waals surface area contributed by atoms with Gasteiger partial charge in [-0.1, -0.05) is 34.5 Å². The summed E-state index contributed by atoms with van der Waals surface area (Å²) < 4.78 is 31.9. The van der Waals surface area contributed by atoms with Crippen molar-refractivity contribution in [3.63, 3.8) is 0 Å². The van der Waals surface area contributed by atoms with Gasteiger partial charge in [0.1, 0.15) is 0 Å². The quantitative estimate of drug-likeness (QED) is 0.377. The summed E-state index contributed by atoms with van der Waals surface area (Å²) in [5.41, 5.74) is 1.65. The molecule has 10 heteroatoms. The average molecular weight is 527 g/mol. The minimum absolute atomic E-state index is 0.0524. The number of hydrogen-bond acceptors (Lipinski definition) is 6. The van der Waals surface area contributed by atoms with Crippen LogP contribution in [0, 0.1) is 6.92 Å². The number of carbonyl (C=O) groups is 1. The highest BCUT2D eigenvalue weighted by Crippen LogP contribution is 2.34. The van der Waals surface area contributed by atoms with Crippen molar-refractivity contribution in [1.82, 2.24) is 4.98 Å². The number of hydrogen-bond donors (Lipinski definition) is 0. The molecule has 2 heterocycles. The molecule has 0 spiro atoms. The van der Waals surface area contributed by atoms with Crippen LogP contribution in [0.5, 0.6) is 0 Å². The van der Waals surface area contributed by atoms with E-state index in [1.54, 1.807) is 17.0 Å². The first-order valence-electron chi connectivity index (χ1n) is 10.7. The summed E-state index contributed by atoms with van der Waals surface area (Å²) in [4.78, 5) is 19.8. The first-order chi connectivity index (χ1) is 15.7. The van der Waals surface area contributed by atoms with Gasteiger partial charge in [0, 0.05) is 23.1 Å². The lowest BCUT2D eigenvalue weighted by Gasteiger charge is -2.23. The van der Waals surface area contributed by atoms with Gasteiger partial charge in [-0.3, -0.25) is 9.69 Å². The van der Waals surface area contributed by atoms with E-state index in [1.165, 1.54) is 23.5 Å². The molecular formula is C23H24Cl2N2O4S2. The molecule has 1 atom stereocenters. The fourth-order valence-corrected chi connectivity index (χ4v) is 6.43. The molecular weight excluding hydrogens is 503 g/mol. The molecule has 0 N–H and O–H groups in total. The number of fused-ring (bicyclic) bond motifs is 1. The summed E-state index contributed by atoms with van der Waals surface area (Å²) in [6.45, 7) is 2.98. The van der Waals surface area contributed by atoms with E-state index in [-0.39, 0.29) is 35.5 Å². The summed E-state index contributed by atoms with van der Waals surface area (Å²) >= 11 is 13.5. The molecule has 6 nitrogen and oxygen atoms in total. The number of carbonyl (C=O) groups excluding carboxylic acids is 1. The highest BCUT2D eigenvalue weighted by Gasteiger charge is 2.27. The lowest BCUT2D eigenvalue weighted by molar-refractivity contribution is -0.119. The minimum Gasteiger partial charge on any atom is -0.376 e. The van der Waals surface area contributed by atoms with Crippen molar-refractivity contribution in [2.75, 3.05) is 23.8 Å². The molecule has 3 aromatic rings. The van der Waals surface area contributed by atoms with Crippen LogP contribution in [0.1, 0.15) is 31.2 Å². The fourth-order valence-electron chi connectivity index (χ4n) is 3.79. The SMILES string of the molecule is Cc1c(Cl)ccc2sc(N(CC3CCCO3)C(=O)CCCS(=O)(=O)c3ccc(Cl)cc3)nc12. The minimum atomic E-state index is -3.50. The summed E-state index contributed by atoms with van der Waals surface area (Å²) in [6.07, 6.45) is 2.09. The Morgan fingerprint density at radius 1 is 1.21 bits per heavy atom. The van der Waals surface area contributed by atoms with Crippen LogP contribution >= 0.6 is 34.5 Å². The van der Waals surface area contributed by atoms with Crippen LogP contribution in [0.25, 0.3) is 10.2 Å². The Bertz CT molecular complexity index is 1250. The van der Waals surface area contributed by atoms with Gasteiger partial charge in [-0.25, -0.2) is 13.4 Å². The van der Waals surface area contributed by atoms with Crippen LogP contribution in [-0.4, -0.2) is 44.3 Å². The number of anilines is 1. The number of aryl methyl sites for hydroxylation is 1. The van der Waals surface area contributed by atoms with Crippen molar-refractivity contribution in [3.8, 4) is 0 Å². The zero-order chi connectivity index (χ0) is 23.6. The maximum absolute atomic E-state index is 13.2. The van der Waals surface area contributed by atoms with E-state index in [0.717, 1.165) is 28.6 Å². The van der Waals surface area contributed by atoms with Gasteiger partial charge in [0.2, 0.25) is 5.91 Å². The number of nitrogens with zero attached hydrogens (tertiary/aromatic N) is 2. The summed E-state index contributed by atoms with van der Waals surface area (Å²) in [6, 6.07) is 9.79. The van der Waals surface area contributed by atoms with E-state index in [1.807, 2.05) is 19.1 Å². The summed E-state index contributed by atoms with van der Waals surface area (Å²) in [7, 11) is -3.50. The van der Waals surface area contributed by atoms with Crippen molar-refractivity contribution in [3.05, 3.63) is 52.0 Å². The largest absolute Gasteiger partial charge is 0.376 e. The highest BCUT2D eigenvalue weighted by molar-refractivity contribution is 7.91. The van der Waals surface area contributed by atoms with E-state index in [4.69, 9.17) is 32.9 Å². The van der Waals surface area contributed by atoms with Crippen molar-refractivity contribution >= 4 is 65.6 Å². The molecule has 0 radical (unpaired) electrons. The lowest BCUT2D eigenvalue weighted by atomic mass is 10.2. The topological polar surface area (TPSA) is 76.6 Å². The van der Waals surface area contributed by atoms with E-state index in [2.05, 4.69) is 0 Å². The molecule has 1 amide bonds. The molecule has 1 aliphatic rings. The van der Waals surface area contributed by atoms with Gasteiger partial charge < -0.3 is 4.74 Å². The Morgan fingerprint density at radius 3 is 2.67 bits per heavy atom. The molecule has 0 saturated carbocycles. The van der Waals surface area contributed by atoms with Gasteiger partial charge in [-0.15, -0.1) is 0 Å². The first kappa shape index (κ1) is 24.4. The van der Waals surface area contributed by atoms with Crippen LogP contribution in [0.15, 0.2) is 41.3 Å². The Hall–Kier alpha value is -1.71. The zero-order valence-electron chi connectivity index (χ0n) is 18.1. The monoisotopic (exact) mass is 526 g/mol. The van der Waals surface area contributed by atoms with Crippen molar-refractivity contribution in [1.29, 1.82) is 0 Å². The molecule has 1 aliphatic heterocycles. The van der Waals surface area contributed by atoms with Gasteiger partial charge in [0.05, 0.1) is 33.5 Å². The van der Waals surface area contributed by atoms with Crippen molar-refractivity contribution in [2.24, 2.45) is 0 Å². The van der Waals surface area contributed by atoms with Crippen molar-refractivity contribution < 1.29 is 17.9 Å².